The molecule has 5 aromatic rings. The molecule has 0 saturated heterocycles. The van der Waals surface area contributed by atoms with Crippen molar-refractivity contribution in [2.45, 2.75) is 39.0 Å². The van der Waals surface area contributed by atoms with Crippen LogP contribution in [-0.2, 0) is 5.41 Å². The third kappa shape index (κ3) is 4.18. The molecule has 42 heavy (non-hydrogen) atoms. The summed E-state index contributed by atoms with van der Waals surface area (Å²) in [5.74, 6) is 0. The molecule has 0 bridgehead atoms. The lowest BCUT2D eigenvalue weighted by Gasteiger charge is -2.22. The monoisotopic (exact) mass is 544 g/mol. The van der Waals surface area contributed by atoms with Crippen LogP contribution in [0.15, 0.2) is 116 Å². The van der Waals surface area contributed by atoms with Crippen LogP contribution in [0.2, 0.25) is 0 Å². The van der Waals surface area contributed by atoms with Gasteiger partial charge in [-0.1, -0.05) is 93.3 Å². The van der Waals surface area contributed by atoms with Gasteiger partial charge in [0.05, 0.1) is 11.2 Å². The Morgan fingerprint density at radius 2 is 1.57 bits per heavy atom. The van der Waals surface area contributed by atoms with Gasteiger partial charge in [0.2, 0.25) is 0 Å². The van der Waals surface area contributed by atoms with E-state index in [9.17, 15) is 0 Å². The van der Waals surface area contributed by atoms with Crippen molar-refractivity contribution in [3.05, 3.63) is 138 Å². The number of benzene rings is 4. The smallest absolute Gasteiger partial charge is 0.0541 e. The Morgan fingerprint density at radius 1 is 0.810 bits per heavy atom. The van der Waals surface area contributed by atoms with Crippen molar-refractivity contribution in [2.24, 2.45) is 0 Å². The van der Waals surface area contributed by atoms with Gasteiger partial charge in [-0.15, -0.1) is 0 Å². The highest BCUT2D eigenvalue weighted by molar-refractivity contribution is 5.99. The van der Waals surface area contributed by atoms with Gasteiger partial charge in [0.25, 0.3) is 0 Å². The van der Waals surface area contributed by atoms with Crippen molar-refractivity contribution >= 4 is 40.1 Å². The second kappa shape index (κ2) is 10.2. The molecular weight excluding hydrogens is 508 g/mol. The second-order valence-electron chi connectivity index (χ2n) is 11.8. The fraction of sp³-hybridized carbons (Fsp3) is 0.150. The van der Waals surface area contributed by atoms with E-state index >= 15 is 0 Å². The highest BCUT2D eigenvalue weighted by Crippen LogP contribution is 2.49. The Bertz CT molecular complexity index is 1940. The van der Waals surface area contributed by atoms with Gasteiger partial charge in [0.1, 0.15) is 0 Å². The SMILES string of the molecule is C=Cc1c(/C=C\C)n(C2=CCCC=C2)c2ccc(-c3ccc(Nc4ccc5c(c4)C(C)(C)c4ccccc4-5)cc3)cc12. The Balaban J connectivity index is 1.20. The molecule has 0 atom stereocenters. The van der Waals surface area contributed by atoms with Crippen molar-refractivity contribution in [1.82, 2.24) is 4.57 Å². The van der Waals surface area contributed by atoms with E-state index < -0.39 is 0 Å². The van der Waals surface area contributed by atoms with E-state index in [0.717, 1.165) is 24.2 Å². The standard InChI is InChI=1S/C40H36N2/c1-5-12-38-32(6-2)35-25-28(19-24-39(35)42(38)31-13-8-7-9-14-31)27-17-20-29(21-18-27)41-30-22-23-34-33-15-10-11-16-36(33)40(3,4)37(34)26-30/h5-6,8,10-26,41H,2,7,9H2,1,3-4H3/b12-5-. The summed E-state index contributed by atoms with van der Waals surface area (Å²) in [5, 5.41) is 4.87. The van der Waals surface area contributed by atoms with Gasteiger partial charge in [0, 0.05) is 33.4 Å². The molecule has 206 valence electrons. The van der Waals surface area contributed by atoms with Gasteiger partial charge in [-0.05, 0) is 102 Å². The summed E-state index contributed by atoms with van der Waals surface area (Å²) < 4.78 is 2.37. The van der Waals surface area contributed by atoms with Crippen LogP contribution in [-0.4, -0.2) is 4.57 Å². The molecule has 1 heterocycles. The van der Waals surface area contributed by atoms with E-state index in [1.807, 2.05) is 6.08 Å². The highest BCUT2D eigenvalue weighted by atomic mass is 15.0. The summed E-state index contributed by atoms with van der Waals surface area (Å²) in [5.41, 5.74) is 14.8. The van der Waals surface area contributed by atoms with Crippen LogP contribution in [0.3, 0.4) is 0 Å². The Labute approximate surface area is 249 Å². The number of rotatable bonds is 6. The Morgan fingerprint density at radius 3 is 2.33 bits per heavy atom. The molecule has 1 aromatic heterocycles. The van der Waals surface area contributed by atoms with E-state index in [2.05, 4.69) is 153 Å². The van der Waals surface area contributed by atoms with Crippen LogP contribution in [0.4, 0.5) is 11.4 Å². The molecule has 2 heteroatoms. The molecule has 0 spiro atoms. The van der Waals surface area contributed by atoms with Crippen LogP contribution >= 0.6 is 0 Å². The van der Waals surface area contributed by atoms with Gasteiger partial charge in [-0.2, -0.15) is 0 Å². The molecule has 2 aliphatic carbocycles. The van der Waals surface area contributed by atoms with Crippen molar-refractivity contribution in [3.63, 3.8) is 0 Å². The summed E-state index contributed by atoms with van der Waals surface area (Å²) >= 11 is 0. The first kappa shape index (κ1) is 26.1. The second-order valence-corrected chi connectivity index (χ2v) is 11.8. The van der Waals surface area contributed by atoms with Crippen LogP contribution in [0.5, 0.6) is 0 Å². The lowest BCUT2D eigenvalue weighted by Crippen LogP contribution is -2.15. The summed E-state index contributed by atoms with van der Waals surface area (Å²) in [7, 11) is 0. The summed E-state index contributed by atoms with van der Waals surface area (Å²) in [6, 6.07) is 31.1. The molecule has 0 radical (unpaired) electrons. The van der Waals surface area contributed by atoms with E-state index in [4.69, 9.17) is 0 Å². The normalized spacial score (nSPS) is 15.1. The minimum Gasteiger partial charge on any atom is -0.356 e. The van der Waals surface area contributed by atoms with Gasteiger partial charge in [0.15, 0.2) is 0 Å². The molecule has 0 saturated carbocycles. The van der Waals surface area contributed by atoms with E-state index in [1.54, 1.807) is 0 Å². The number of hydrogen-bond donors (Lipinski definition) is 1. The van der Waals surface area contributed by atoms with Crippen molar-refractivity contribution in [2.75, 3.05) is 5.32 Å². The first-order valence-corrected chi connectivity index (χ1v) is 14.9. The van der Waals surface area contributed by atoms with Crippen LogP contribution in [0.1, 0.15) is 56.0 Å². The number of hydrogen-bond acceptors (Lipinski definition) is 1. The zero-order chi connectivity index (χ0) is 28.8. The van der Waals surface area contributed by atoms with Crippen molar-refractivity contribution in [1.29, 1.82) is 0 Å². The zero-order valence-electron chi connectivity index (χ0n) is 24.6. The predicted octanol–water partition coefficient (Wildman–Crippen LogP) is 11.2. The molecule has 4 aromatic carbocycles. The third-order valence-corrected chi connectivity index (χ3v) is 8.90. The lowest BCUT2D eigenvalue weighted by atomic mass is 9.82. The molecule has 2 nitrogen and oxygen atoms in total. The number of fused-ring (bicyclic) bond motifs is 4. The molecular formula is C40H36N2. The van der Waals surface area contributed by atoms with Crippen molar-refractivity contribution in [3.8, 4) is 22.3 Å². The number of anilines is 2. The van der Waals surface area contributed by atoms with Gasteiger partial charge in [-0.3, -0.25) is 0 Å². The first-order valence-electron chi connectivity index (χ1n) is 14.9. The Kier molecular flexibility index (Phi) is 6.35. The number of nitrogens with zero attached hydrogens (tertiary/aromatic N) is 1. The summed E-state index contributed by atoms with van der Waals surface area (Å²) in [6.45, 7) is 10.9. The highest BCUT2D eigenvalue weighted by Gasteiger charge is 2.35. The average molecular weight is 545 g/mol. The molecule has 0 fully saturated rings. The quantitative estimate of drug-likeness (QED) is 0.225. The minimum absolute atomic E-state index is 0.00798. The third-order valence-electron chi connectivity index (χ3n) is 8.90. The zero-order valence-corrected chi connectivity index (χ0v) is 24.6. The predicted molar refractivity (Wildman–Crippen MR) is 182 cm³/mol. The fourth-order valence-corrected chi connectivity index (χ4v) is 6.79. The minimum atomic E-state index is -0.00798. The molecule has 0 aliphatic heterocycles. The fourth-order valence-electron chi connectivity index (χ4n) is 6.79. The lowest BCUT2D eigenvalue weighted by molar-refractivity contribution is 0.660. The molecule has 0 amide bonds. The topological polar surface area (TPSA) is 17.0 Å². The maximum absolute atomic E-state index is 4.19. The van der Waals surface area contributed by atoms with Crippen LogP contribution in [0, 0.1) is 0 Å². The van der Waals surface area contributed by atoms with Crippen LogP contribution < -0.4 is 5.32 Å². The van der Waals surface area contributed by atoms with E-state index in [1.165, 1.54) is 61.2 Å². The van der Waals surface area contributed by atoms with E-state index in [-0.39, 0.29) is 5.41 Å². The maximum atomic E-state index is 4.19. The van der Waals surface area contributed by atoms with Gasteiger partial charge in [-0.25, -0.2) is 0 Å². The van der Waals surface area contributed by atoms with E-state index in [0.29, 0.717) is 0 Å². The maximum Gasteiger partial charge on any atom is 0.0541 e. The van der Waals surface area contributed by atoms with Gasteiger partial charge < -0.3 is 9.88 Å². The number of allylic oxidation sites excluding steroid dienone is 5. The van der Waals surface area contributed by atoms with Crippen molar-refractivity contribution < 1.29 is 0 Å². The number of nitrogens with one attached hydrogen (secondary N) is 1. The van der Waals surface area contributed by atoms with Crippen LogP contribution in [0.25, 0.3) is 51.0 Å². The summed E-state index contributed by atoms with van der Waals surface area (Å²) in [6.07, 6.45) is 15.3. The molecule has 7 rings (SSSR count). The molecule has 2 aliphatic rings. The Hall–Kier alpha value is -4.82. The molecule has 0 unspecified atom stereocenters. The summed E-state index contributed by atoms with van der Waals surface area (Å²) in [4.78, 5) is 0. The average Bonchev–Trinajstić information content (AvgIpc) is 3.45. The van der Waals surface area contributed by atoms with Gasteiger partial charge >= 0.3 is 0 Å². The number of aromatic nitrogens is 1. The first-order chi connectivity index (χ1) is 20.5. The molecule has 1 N–H and O–H groups in total. The largest absolute Gasteiger partial charge is 0.356 e.